The van der Waals surface area contributed by atoms with E-state index in [1.165, 1.54) is 11.1 Å². The Labute approximate surface area is 120 Å². The molecule has 0 amide bonds. The minimum absolute atomic E-state index is 0.143. The summed E-state index contributed by atoms with van der Waals surface area (Å²) in [6.45, 7) is 6.59. The topological polar surface area (TPSA) is 37.0 Å². The molecule has 3 rings (SSSR count). The Morgan fingerprint density at radius 3 is 2.80 bits per heavy atom. The molecule has 1 aliphatic rings. The maximum absolute atomic E-state index is 4.59. The number of hydrogen-bond acceptors (Lipinski definition) is 3. The fraction of sp³-hybridized carbons (Fsp3) is 0.353. The number of benzene rings is 1. The Bertz CT molecular complexity index is 590. The lowest BCUT2D eigenvalue weighted by molar-refractivity contribution is 0.487. The molecule has 1 aromatic heterocycles. The van der Waals surface area contributed by atoms with Crippen LogP contribution in [-0.2, 0) is 11.8 Å². The molecule has 0 saturated heterocycles. The molecule has 0 saturated carbocycles. The van der Waals surface area contributed by atoms with Crippen LogP contribution in [-0.4, -0.2) is 18.1 Å². The van der Waals surface area contributed by atoms with Crippen molar-refractivity contribution in [2.75, 3.05) is 18.4 Å². The van der Waals surface area contributed by atoms with Crippen molar-refractivity contribution >= 4 is 11.5 Å². The minimum Gasteiger partial charge on any atom is -0.340 e. The van der Waals surface area contributed by atoms with Gasteiger partial charge in [0, 0.05) is 23.8 Å². The van der Waals surface area contributed by atoms with E-state index in [2.05, 4.69) is 47.7 Å². The fourth-order valence-corrected chi connectivity index (χ4v) is 2.77. The highest BCUT2D eigenvalue weighted by Gasteiger charge is 2.26. The van der Waals surface area contributed by atoms with E-state index in [-0.39, 0.29) is 5.41 Å². The van der Waals surface area contributed by atoms with E-state index in [4.69, 9.17) is 0 Å². The second-order valence-electron chi connectivity index (χ2n) is 6.03. The van der Waals surface area contributed by atoms with Crippen LogP contribution in [0, 0.1) is 0 Å². The summed E-state index contributed by atoms with van der Waals surface area (Å²) in [5.41, 5.74) is 3.98. The Hall–Kier alpha value is -1.87. The molecular formula is C17H21N3. The predicted octanol–water partition coefficient (Wildman–Crippen LogP) is 3.25. The lowest BCUT2D eigenvalue weighted by atomic mass is 9.83. The van der Waals surface area contributed by atoms with Crippen LogP contribution in [0.4, 0.5) is 11.5 Å². The lowest BCUT2D eigenvalue weighted by Gasteiger charge is -2.25. The van der Waals surface area contributed by atoms with Gasteiger partial charge >= 0.3 is 0 Å². The highest BCUT2D eigenvalue weighted by Crippen LogP contribution is 2.29. The largest absolute Gasteiger partial charge is 0.340 e. The Balaban J connectivity index is 1.91. The highest BCUT2D eigenvalue weighted by atomic mass is 15.0. The van der Waals surface area contributed by atoms with Crippen LogP contribution in [0.3, 0.4) is 0 Å². The van der Waals surface area contributed by atoms with Crippen molar-refractivity contribution in [1.29, 1.82) is 0 Å². The average Bonchev–Trinajstić information content (AvgIpc) is 2.59. The van der Waals surface area contributed by atoms with Crippen LogP contribution in [0.15, 0.2) is 42.6 Å². The van der Waals surface area contributed by atoms with Gasteiger partial charge in [-0.25, -0.2) is 4.98 Å². The first-order valence-corrected chi connectivity index (χ1v) is 7.17. The van der Waals surface area contributed by atoms with Crippen LogP contribution in [0.5, 0.6) is 0 Å². The third kappa shape index (κ3) is 2.68. The van der Waals surface area contributed by atoms with Crippen LogP contribution in [0.25, 0.3) is 0 Å². The van der Waals surface area contributed by atoms with E-state index in [1.807, 2.05) is 24.4 Å². The van der Waals surface area contributed by atoms with Crippen molar-refractivity contribution in [3.05, 3.63) is 53.7 Å². The van der Waals surface area contributed by atoms with Crippen molar-refractivity contribution in [1.82, 2.24) is 10.3 Å². The number of para-hydroxylation sites is 1. The quantitative estimate of drug-likeness (QED) is 0.877. The first-order chi connectivity index (χ1) is 9.65. The first-order valence-electron chi connectivity index (χ1n) is 7.17. The van der Waals surface area contributed by atoms with E-state index < -0.39 is 0 Å². The van der Waals surface area contributed by atoms with Crippen molar-refractivity contribution in [2.24, 2.45) is 0 Å². The molecule has 3 nitrogen and oxygen atoms in total. The second-order valence-corrected chi connectivity index (χ2v) is 6.03. The van der Waals surface area contributed by atoms with Gasteiger partial charge in [0.05, 0.1) is 0 Å². The molecule has 1 aromatic carbocycles. The summed E-state index contributed by atoms with van der Waals surface area (Å²) in [6, 6.07) is 12.4. The molecule has 0 radical (unpaired) electrons. The van der Waals surface area contributed by atoms with E-state index in [0.717, 1.165) is 31.0 Å². The Kier molecular flexibility index (Phi) is 3.45. The Morgan fingerprint density at radius 2 is 2.00 bits per heavy atom. The molecule has 0 aliphatic carbocycles. The van der Waals surface area contributed by atoms with Crippen LogP contribution < -0.4 is 10.6 Å². The van der Waals surface area contributed by atoms with Crippen LogP contribution in [0.2, 0.25) is 0 Å². The maximum Gasteiger partial charge on any atom is 0.130 e. The summed E-state index contributed by atoms with van der Waals surface area (Å²) >= 11 is 0. The summed E-state index contributed by atoms with van der Waals surface area (Å²) in [5.74, 6) is 0.924. The molecule has 104 valence electrons. The van der Waals surface area contributed by atoms with E-state index >= 15 is 0 Å². The molecule has 0 bridgehead atoms. The smallest absolute Gasteiger partial charge is 0.130 e. The second kappa shape index (κ2) is 5.25. The summed E-state index contributed by atoms with van der Waals surface area (Å²) in [5, 5.41) is 6.88. The van der Waals surface area contributed by atoms with E-state index in [0.29, 0.717) is 0 Å². The Morgan fingerprint density at radius 1 is 1.20 bits per heavy atom. The minimum atomic E-state index is 0.143. The molecule has 0 atom stereocenters. The molecule has 0 unspecified atom stereocenters. The first kappa shape index (κ1) is 13.1. The fourth-order valence-electron chi connectivity index (χ4n) is 2.77. The van der Waals surface area contributed by atoms with Crippen LogP contribution >= 0.6 is 0 Å². The third-order valence-corrected chi connectivity index (χ3v) is 3.90. The SMILES string of the molecule is CC1(C)CNCCc2cc(Nc3ccccc3)ncc21. The van der Waals surface area contributed by atoms with Gasteiger partial charge < -0.3 is 10.6 Å². The van der Waals surface area contributed by atoms with E-state index in [1.54, 1.807) is 0 Å². The van der Waals surface area contributed by atoms with Gasteiger partial charge in [0.1, 0.15) is 5.82 Å². The van der Waals surface area contributed by atoms with Crippen molar-refractivity contribution in [2.45, 2.75) is 25.7 Å². The summed E-state index contributed by atoms with van der Waals surface area (Å²) in [4.78, 5) is 4.59. The predicted molar refractivity (Wildman–Crippen MR) is 83.6 cm³/mol. The highest BCUT2D eigenvalue weighted by molar-refractivity contribution is 5.57. The normalized spacial score (nSPS) is 17.1. The number of pyridine rings is 1. The number of nitrogens with one attached hydrogen (secondary N) is 2. The maximum atomic E-state index is 4.59. The number of anilines is 2. The zero-order valence-electron chi connectivity index (χ0n) is 12.1. The molecule has 0 fully saturated rings. The van der Waals surface area contributed by atoms with Crippen molar-refractivity contribution in [3.8, 4) is 0 Å². The number of nitrogens with zero attached hydrogens (tertiary/aromatic N) is 1. The molecule has 3 heteroatoms. The van der Waals surface area contributed by atoms with Gasteiger partial charge in [0.2, 0.25) is 0 Å². The number of hydrogen-bond donors (Lipinski definition) is 2. The molecule has 1 aliphatic heterocycles. The molecule has 0 spiro atoms. The van der Waals surface area contributed by atoms with Gasteiger partial charge in [0.25, 0.3) is 0 Å². The van der Waals surface area contributed by atoms with E-state index in [9.17, 15) is 0 Å². The van der Waals surface area contributed by atoms with Gasteiger partial charge in [-0.05, 0) is 42.3 Å². The summed E-state index contributed by atoms with van der Waals surface area (Å²) < 4.78 is 0. The van der Waals surface area contributed by atoms with Gasteiger partial charge in [-0.1, -0.05) is 32.0 Å². The number of rotatable bonds is 2. The third-order valence-electron chi connectivity index (χ3n) is 3.90. The van der Waals surface area contributed by atoms with Gasteiger partial charge in [-0.3, -0.25) is 0 Å². The molecular weight excluding hydrogens is 246 g/mol. The van der Waals surface area contributed by atoms with Gasteiger partial charge in [0.15, 0.2) is 0 Å². The summed E-state index contributed by atoms with van der Waals surface area (Å²) in [6.07, 6.45) is 3.10. The molecule has 2 aromatic rings. The van der Waals surface area contributed by atoms with Gasteiger partial charge in [-0.2, -0.15) is 0 Å². The molecule has 20 heavy (non-hydrogen) atoms. The zero-order valence-corrected chi connectivity index (χ0v) is 12.1. The lowest BCUT2D eigenvalue weighted by Crippen LogP contribution is -2.31. The number of fused-ring (bicyclic) bond motifs is 1. The van der Waals surface area contributed by atoms with Crippen molar-refractivity contribution in [3.63, 3.8) is 0 Å². The monoisotopic (exact) mass is 267 g/mol. The van der Waals surface area contributed by atoms with Crippen molar-refractivity contribution < 1.29 is 0 Å². The molecule has 2 heterocycles. The standard InChI is InChI=1S/C17H21N3/c1-17(2)12-18-9-8-13-10-16(19-11-15(13)17)20-14-6-4-3-5-7-14/h3-7,10-11,18H,8-9,12H2,1-2H3,(H,19,20). The van der Waals surface area contributed by atoms with Gasteiger partial charge in [-0.15, -0.1) is 0 Å². The van der Waals surface area contributed by atoms with Crippen LogP contribution in [0.1, 0.15) is 25.0 Å². The molecule has 2 N–H and O–H groups in total. The average molecular weight is 267 g/mol. The zero-order chi connectivity index (χ0) is 14.0. The summed E-state index contributed by atoms with van der Waals surface area (Å²) in [7, 11) is 0. The number of aromatic nitrogens is 1.